The lowest BCUT2D eigenvalue weighted by Crippen LogP contribution is -2.46. The van der Waals surface area contributed by atoms with Gasteiger partial charge in [-0.15, -0.1) is 0 Å². The van der Waals surface area contributed by atoms with E-state index in [1.54, 1.807) is 0 Å². The summed E-state index contributed by atoms with van der Waals surface area (Å²) in [5, 5.41) is 3.37. The topological polar surface area (TPSA) is 17.0 Å². The van der Waals surface area contributed by atoms with Crippen LogP contribution < -0.4 is 9.75 Å². The number of hydrogen-bond acceptors (Lipinski definition) is 1. The number of nitrogens with zero attached hydrogens (tertiary/aromatic N) is 1. The van der Waals surface area contributed by atoms with Crippen LogP contribution in [0.2, 0.25) is 19.6 Å². The van der Waals surface area contributed by atoms with Gasteiger partial charge in [-0.3, -0.25) is 0 Å². The molecule has 0 radical (unpaired) electrons. The molecule has 3 heteroatoms. The fourth-order valence-electron chi connectivity index (χ4n) is 7.09. The maximum absolute atomic E-state index is 9.37. The molecule has 2 aromatic heterocycles. The molecule has 1 fully saturated rings. The first-order valence-electron chi connectivity index (χ1n) is 17.8. The fourth-order valence-corrected chi connectivity index (χ4v) is 8.67. The number of furan rings is 1. The van der Waals surface area contributed by atoms with Crippen molar-refractivity contribution in [2.75, 3.05) is 0 Å². The van der Waals surface area contributed by atoms with Crippen LogP contribution in [0.5, 0.6) is 0 Å². The molecule has 0 unspecified atom stereocenters. The summed E-state index contributed by atoms with van der Waals surface area (Å²) in [5.74, 6) is -0.748. The molecular weight excluding hydrogens is 563 g/mol. The molecule has 1 saturated carbocycles. The van der Waals surface area contributed by atoms with Gasteiger partial charge < -0.3 is 4.42 Å². The van der Waals surface area contributed by atoms with E-state index in [0.717, 1.165) is 86.7 Å². The lowest BCUT2D eigenvalue weighted by atomic mass is 9.71. The number of para-hydroxylation sites is 1. The van der Waals surface area contributed by atoms with E-state index in [9.17, 15) is 4.11 Å². The van der Waals surface area contributed by atoms with Crippen LogP contribution in [0.4, 0.5) is 0 Å². The average molecular weight is 612 g/mol. The predicted octanol–water partition coefficient (Wildman–Crippen LogP) is 10.9. The molecular formula is C42H46NOSi+. The highest BCUT2D eigenvalue weighted by atomic mass is 28.3. The maximum atomic E-state index is 9.37. The molecule has 0 spiro atoms. The summed E-state index contributed by atoms with van der Waals surface area (Å²) in [6.45, 7) is 13.7. The molecule has 0 bridgehead atoms. The smallest absolute Gasteiger partial charge is 0.216 e. The normalized spacial score (nSPS) is 17.3. The Morgan fingerprint density at radius 3 is 2.20 bits per heavy atom. The summed E-state index contributed by atoms with van der Waals surface area (Å²) in [4.78, 5) is 0. The number of fused-ring (bicyclic) bond motifs is 3. The van der Waals surface area contributed by atoms with Crippen molar-refractivity contribution in [1.29, 1.82) is 0 Å². The van der Waals surface area contributed by atoms with Gasteiger partial charge in [0.05, 0.1) is 16.4 Å². The summed E-state index contributed by atoms with van der Waals surface area (Å²) in [5.41, 5.74) is 9.68. The summed E-state index contributed by atoms with van der Waals surface area (Å²) in [7, 11) is 0.172. The molecule has 2 nitrogen and oxygen atoms in total. The lowest BCUT2D eigenvalue weighted by Gasteiger charge is -2.34. The van der Waals surface area contributed by atoms with Crippen LogP contribution in [0.3, 0.4) is 0 Å². The molecule has 1 aliphatic carbocycles. The van der Waals surface area contributed by atoms with Crippen LogP contribution in [0.25, 0.3) is 55.4 Å². The van der Waals surface area contributed by atoms with E-state index in [2.05, 4.69) is 119 Å². The highest BCUT2D eigenvalue weighted by Crippen LogP contribution is 2.43. The minimum atomic E-state index is -1.93. The van der Waals surface area contributed by atoms with Crippen molar-refractivity contribution in [3.8, 4) is 33.5 Å². The number of rotatable bonds is 5. The molecule has 0 N–H and O–H groups in total. The lowest BCUT2D eigenvalue weighted by molar-refractivity contribution is -0.659. The van der Waals surface area contributed by atoms with Crippen LogP contribution >= 0.6 is 0 Å². The van der Waals surface area contributed by atoms with E-state index >= 15 is 0 Å². The van der Waals surface area contributed by atoms with Gasteiger partial charge in [-0.05, 0) is 71.7 Å². The first kappa shape index (κ1) is 26.3. The standard InChI is InChI=1S/C42H46NOSi/c1-28-16-21-35-34-15-11-14-33(31-12-9-8-10-13-31)40(34)44-41(35)39(28)37-26-36(38(27-43(37)4)45(5,6)7)32-19-17-29(18-20-32)30-22-24-42(2,3)25-23-30/h8-21,26-27,30H,22-25H2,1-7H3/q+1/i19D,20D,30D. The van der Waals surface area contributed by atoms with Crippen LogP contribution in [0.1, 0.15) is 60.7 Å². The SMILES string of the molecule is [2H]c1cc(C2([2H])CCC(C)(C)CC2)cc([2H])c1-c1cc(-c2c(C)ccc3c2oc2c(-c4ccccc4)cccc23)[n+](C)cc1[Si](C)(C)C. The van der Waals surface area contributed by atoms with E-state index in [1.807, 2.05) is 18.2 Å². The van der Waals surface area contributed by atoms with Crippen molar-refractivity contribution < 1.29 is 13.1 Å². The number of pyridine rings is 1. The molecule has 2 heterocycles. The van der Waals surface area contributed by atoms with Gasteiger partial charge in [0, 0.05) is 29.0 Å². The maximum Gasteiger partial charge on any atom is 0.216 e. The zero-order valence-corrected chi connectivity index (χ0v) is 28.8. The fraction of sp³-hybridized carbons (Fsp3) is 0.310. The molecule has 45 heavy (non-hydrogen) atoms. The molecule has 0 atom stereocenters. The Labute approximate surface area is 274 Å². The van der Waals surface area contributed by atoms with Crippen molar-refractivity contribution in [3.05, 3.63) is 108 Å². The second-order valence-corrected chi connectivity index (χ2v) is 19.8. The third kappa shape index (κ3) is 5.46. The van der Waals surface area contributed by atoms with Crippen molar-refractivity contribution in [1.82, 2.24) is 0 Å². The third-order valence-electron chi connectivity index (χ3n) is 9.93. The molecule has 6 aromatic rings. The van der Waals surface area contributed by atoms with Gasteiger partial charge in [0.1, 0.15) is 18.2 Å². The zero-order valence-electron chi connectivity index (χ0n) is 30.8. The number of benzene rings is 4. The quantitative estimate of drug-likeness (QED) is 0.140. The Balaban J connectivity index is 1.44. The summed E-state index contributed by atoms with van der Waals surface area (Å²) in [6.07, 6.45) is 5.72. The number of hydrogen-bond donors (Lipinski definition) is 0. The van der Waals surface area contributed by atoms with E-state index in [0.29, 0.717) is 17.6 Å². The molecule has 7 rings (SSSR count). The van der Waals surface area contributed by atoms with Crippen LogP contribution in [0.15, 0.2) is 102 Å². The minimum absolute atomic E-state index is 0.240. The zero-order chi connectivity index (χ0) is 34.2. The Bertz CT molecular complexity index is 2180. The molecule has 0 aliphatic heterocycles. The molecule has 4 aromatic carbocycles. The van der Waals surface area contributed by atoms with Crippen LogP contribution in [0, 0.1) is 12.3 Å². The van der Waals surface area contributed by atoms with Crippen molar-refractivity contribution in [2.45, 2.75) is 72.0 Å². The predicted molar refractivity (Wildman–Crippen MR) is 194 cm³/mol. The van der Waals surface area contributed by atoms with Gasteiger partial charge >= 0.3 is 0 Å². The Morgan fingerprint density at radius 2 is 1.51 bits per heavy atom. The molecule has 1 aliphatic rings. The van der Waals surface area contributed by atoms with Crippen LogP contribution in [-0.2, 0) is 7.05 Å². The van der Waals surface area contributed by atoms with E-state index in [4.69, 9.17) is 4.42 Å². The monoisotopic (exact) mass is 611 g/mol. The first-order chi connectivity index (χ1) is 22.7. The summed E-state index contributed by atoms with van der Waals surface area (Å²) >= 11 is 0. The van der Waals surface area contributed by atoms with Crippen molar-refractivity contribution in [2.24, 2.45) is 12.5 Å². The molecule has 228 valence electrons. The van der Waals surface area contributed by atoms with E-state index in [1.165, 1.54) is 5.19 Å². The van der Waals surface area contributed by atoms with Gasteiger partial charge in [-0.2, -0.15) is 0 Å². The summed E-state index contributed by atoms with van der Waals surface area (Å²) < 4.78 is 37.1. The number of aryl methyl sites for hydroxylation is 2. The van der Waals surface area contributed by atoms with Crippen molar-refractivity contribution in [3.63, 3.8) is 0 Å². The average Bonchev–Trinajstić information content (AvgIpc) is 3.41. The van der Waals surface area contributed by atoms with Gasteiger partial charge in [0.2, 0.25) is 5.69 Å². The second kappa shape index (κ2) is 11.1. The third-order valence-corrected chi connectivity index (χ3v) is 11.9. The number of aromatic nitrogens is 1. The van der Waals surface area contributed by atoms with Gasteiger partial charge in [0.25, 0.3) is 0 Å². The Hall–Kier alpha value is -3.95. The highest BCUT2D eigenvalue weighted by Gasteiger charge is 2.30. The first-order valence-corrected chi connectivity index (χ1v) is 19.8. The molecule has 0 amide bonds. The van der Waals surface area contributed by atoms with Gasteiger partial charge in [-0.1, -0.05) is 118 Å². The van der Waals surface area contributed by atoms with Crippen LogP contribution in [-0.4, -0.2) is 8.07 Å². The second-order valence-electron chi connectivity index (χ2n) is 14.8. The minimum Gasteiger partial charge on any atom is -0.454 e. The van der Waals surface area contributed by atoms with Crippen molar-refractivity contribution >= 4 is 35.2 Å². The molecule has 0 saturated heterocycles. The Kier molecular flexibility index (Phi) is 6.50. The largest absolute Gasteiger partial charge is 0.454 e. The Morgan fingerprint density at radius 1 is 0.822 bits per heavy atom. The van der Waals surface area contributed by atoms with Gasteiger partial charge in [-0.25, -0.2) is 4.57 Å². The van der Waals surface area contributed by atoms with Gasteiger partial charge in [0.15, 0.2) is 6.20 Å². The summed E-state index contributed by atoms with van der Waals surface area (Å²) in [6, 6.07) is 27.7. The van der Waals surface area contributed by atoms with E-state index in [-0.39, 0.29) is 5.41 Å². The van der Waals surface area contributed by atoms with E-state index < -0.39 is 14.0 Å². The highest BCUT2D eigenvalue weighted by molar-refractivity contribution is 6.89.